The molecule has 0 bridgehead atoms. The zero-order valence-corrected chi connectivity index (χ0v) is 15.2. The topological polar surface area (TPSA) is 71.9 Å². The van der Waals surface area contributed by atoms with Crippen molar-refractivity contribution in [1.29, 1.82) is 0 Å². The summed E-state index contributed by atoms with van der Waals surface area (Å²) in [5.41, 5.74) is 1.97. The lowest BCUT2D eigenvalue weighted by molar-refractivity contribution is -0.551. The van der Waals surface area contributed by atoms with Crippen molar-refractivity contribution in [3.63, 3.8) is 0 Å². The van der Waals surface area contributed by atoms with Crippen LogP contribution in [0.1, 0.15) is 10.6 Å². The maximum absolute atomic E-state index is 14.5. The van der Waals surface area contributed by atoms with Crippen LogP contribution >= 0.6 is 0 Å². The molecule has 29 heavy (non-hydrogen) atoms. The number of furan rings is 1. The predicted octanol–water partition coefficient (Wildman–Crippen LogP) is 3.51. The Bertz CT molecular complexity index is 1190. The van der Waals surface area contributed by atoms with Crippen molar-refractivity contribution < 1.29 is 18.2 Å². The first-order valence-corrected chi connectivity index (χ1v) is 9.17. The number of nitrogens with one attached hydrogen (secondary N) is 1. The minimum Gasteiger partial charge on any atom is -0.469 e. The maximum atomic E-state index is 14.5. The van der Waals surface area contributed by atoms with Gasteiger partial charge in [0.2, 0.25) is 12.0 Å². The molecule has 0 saturated heterocycles. The summed E-state index contributed by atoms with van der Waals surface area (Å²) in [5, 5.41) is 3.19. The van der Waals surface area contributed by atoms with Gasteiger partial charge in [0, 0.05) is 11.8 Å². The van der Waals surface area contributed by atoms with Crippen LogP contribution in [0.2, 0.25) is 0 Å². The second-order valence-corrected chi connectivity index (χ2v) is 6.72. The minimum absolute atomic E-state index is 0.151. The molecular weight excluding hydrogens is 371 g/mol. The molecule has 1 aliphatic rings. The number of fused-ring (bicyclic) bond motifs is 1. The first-order chi connectivity index (χ1) is 14.2. The van der Waals surface area contributed by atoms with Gasteiger partial charge < -0.3 is 4.42 Å². The van der Waals surface area contributed by atoms with Gasteiger partial charge in [-0.25, -0.2) is 14.8 Å². The van der Waals surface area contributed by atoms with E-state index in [1.54, 1.807) is 30.7 Å². The second kappa shape index (κ2) is 6.94. The van der Waals surface area contributed by atoms with E-state index in [9.17, 15) is 9.18 Å². The highest BCUT2D eigenvalue weighted by Gasteiger charge is 2.42. The highest BCUT2D eigenvalue weighted by molar-refractivity contribution is 5.86. The second-order valence-electron chi connectivity index (χ2n) is 6.72. The Hall–Kier alpha value is -3.87. The highest BCUT2D eigenvalue weighted by Crippen LogP contribution is 2.30. The summed E-state index contributed by atoms with van der Waals surface area (Å²) in [6.07, 6.45) is 5.01. The van der Waals surface area contributed by atoms with Crippen LogP contribution in [0.3, 0.4) is 0 Å². The zero-order chi connectivity index (χ0) is 19.8. The Labute approximate surface area is 165 Å². The SMILES string of the molecule is O=C1C(Cc2ccco2)Nc2c(-c3cccnc3F)nc(-c3ccccc3)c[n+]21. The van der Waals surface area contributed by atoms with E-state index >= 15 is 0 Å². The third-order valence-corrected chi connectivity index (χ3v) is 4.86. The van der Waals surface area contributed by atoms with Crippen LogP contribution in [0, 0.1) is 5.95 Å². The Morgan fingerprint density at radius 3 is 2.72 bits per heavy atom. The number of rotatable bonds is 4. The van der Waals surface area contributed by atoms with Crippen LogP contribution in [-0.4, -0.2) is 21.9 Å². The number of anilines is 1. The smallest absolute Gasteiger partial charge is 0.359 e. The van der Waals surface area contributed by atoms with Gasteiger partial charge in [-0.3, -0.25) is 5.32 Å². The van der Waals surface area contributed by atoms with E-state index < -0.39 is 12.0 Å². The highest BCUT2D eigenvalue weighted by atomic mass is 19.1. The third kappa shape index (κ3) is 3.06. The molecule has 0 saturated carbocycles. The molecule has 1 atom stereocenters. The minimum atomic E-state index is -0.642. The van der Waals surface area contributed by atoms with Gasteiger partial charge in [0.15, 0.2) is 5.69 Å². The summed E-state index contributed by atoms with van der Waals surface area (Å²) >= 11 is 0. The van der Waals surface area contributed by atoms with Crippen LogP contribution in [0.5, 0.6) is 0 Å². The number of aromatic nitrogens is 3. The molecule has 0 aliphatic carbocycles. The molecule has 4 heterocycles. The maximum Gasteiger partial charge on any atom is 0.359 e. The molecule has 1 aromatic carbocycles. The van der Waals surface area contributed by atoms with Gasteiger partial charge in [-0.15, -0.1) is 0 Å². The Kier molecular flexibility index (Phi) is 4.13. The standard InChI is InChI=1S/C22H15FN4O2/c23-20-16(9-4-10-24-20)19-21-26-17(12-15-8-5-11-29-15)22(28)27(21)13-18(25-19)14-6-2-1-3-7-14/h1-11,13,17H,12H2/p+1. The Morgan fingerprint density at radius 2 is 1.97 bits per heavy atom. The van der Waals surface area contributed by atoms with Crippen LogP contribution in [0.4, 0.5) is 10.2 Å². The fourth-order valence-corrected chi connectivity index (χ4v) is 3.48. The number of halogens is 1. The fraction of sp³-hybridized carbons (Fsp3) is 0.0909. The van der Waals surface area contributed by atoms with E-state index in [-0.39, 0.29) is 11.5 Å². The van der Waals surface area contributed by atoms with E-state index in [0.29, 0.717) is 29.4 Å². The number of carbonyl (C=O) groups is 1. The lowest BCUT2D eigenvalue weighted by Crippen LogP contribution is -2.43. The summed E-state index contributed by atoms with van der Waals surface area (Å²) in [7, 11) is 0. The summed E-state index contributed by atoms with van der Waals surface area (Å²) in [5.74, 6) is 0.339. The number of nitrogens with zero attached hydrogens (tertiary/aromatic N) is 3. The summed E-state index contributed by atoms with van der Waals surface area (Å²) in [6, 6.07) is 15.8. The van der Waals surface area contributed by atoms with Gasteiger partial charge in [0.05, 0.1) is 18.2 Å². The quantitative estimate of drug-likeness (QED) is 0.429. The fourth-order valence-electron chi connectivity index (χ4n) is 3.48. The molecule has 0 spiro atoms. The molecule has 0 radical (unpaired) electrons. The first kappa shape index (κ1) is 17.2. The average molecular weight is 387 g/mol. The number of hydrogen-bond acceptors (Lipinski definition) is 5. The third-order valence-electron chi connectivity index (χ3n) is 4.86. The zero-order valence-electron chi connectivity index (χ0n) is 15.2. The molecule has 1 N–H and O–H groups in total. The van der Waals surface area contributed by atoms with Crippen molar-refractivity contribution in [2.75, 3.05) is 5.32 Å². The molecule has 142 valence electrons. The molecular formula is C22H16FN4O2+. The van der Waals surface area contributed by atoms with Crippen molar-refractivity contribution in [2.24, 2.45) is 0 Å². The van der Waals surface area contributed by atoms with Crippen molar-refractivity contribution in [3.05, 3.63) is 85.0 Å². The van der Waals surface area contributed by atoms with Crippen LogP contribution in [0.15, 0.2) is 77.7 Å². The molecule has 0 fully saturated rings. The molecule has 7 heteroatoms. The monoisotopic (exact) mass is 387 g/mol. The molecule has 0 amide bonds. The molecule has 6 nitrogen and oxygen atoms in total. The van der Waals surface area contributed by atoms with E-state index in [1.165, 1.54) is 10.8 Å². The van der Waals surface area contributed by atoms with Gasteiger partial charge in [0.25, 0.3) is 0 Å². The average Bonchev–Trinajstić information content (AvgIpc) is 3.37. The first-order valence-electron chi connectivity index (χ1n) is 9.17. The van der Waals surface area contributed by atoms with Gasteiger partial charge >= 0.3 is 11.7 Å². The summed E-state index contributed by atoms with van der Waals surface area (Å²) in [6.45, 7) is 0. The lowest BCUT2D eigenvalue weighted by atomic mass is 10.1. The number of carbonyl (C=O) groups excluding carboxylic acids is 1. The van der Waals surface area contributed by atoms with Crippen molar-refractivity contribution in [1.82, 2.24) is 9.97 Å². The Morgan fingerprint density at radius 1 is 1.10 bits per heavy atom. The van der Waals surface area contributed by atoms with E-state index in [4.69, 9.17) is 4.42 Å². The normalized spacial score (nSPS) is 15.2. The van der Waals surface area contributed by atoms with Gasteiger partial charge in [-0.2, -0.15) is 8.96 Å². The van der Waals surface area contributed by atoms with E-state index in [0.717, 1.165) is 5.56 Å². The van der Waals surface area contributed by atoms with Crippen LogP contribution in [0.25, 0.3) is 22.5 Å². The van der Waals surface area contributed by atoms with Crippen LogP contribution in [-0.2, 0) is 6.42 Å². The van der Waals surface area contributed by atoms with E-state index in [2.05, 4.69) is 15.3 Å². The molecule has 1 aliphatic heterocycles. The van der Waals surface area contributed by atoms with Gasteiger partial charge in [-0.05, 0) is 24.3 Å². The molecule has 1 unspecified atom stereocenters. The Balaban J connectivity index is 1.66. The van der Waals surface area contributed by atoms with Crippen molar-refractivity contribution >= 4 is 11.7 Å². The summed E-state index contributed by atoms with van der Waals surface area (Å²) in [4.78, 5) is 21.5. The lowest BCUT2D eigenvalue weighted by Gasteiger charge is -2.07. The molecule has 3 aromatic heterocycles. The van der Waals surface area contributed by atoms with Crippen molar-refractivity contribution in [3.8, 4) is 22.5 Å². The largest absolute Gasteiger partial charge is 0.469 e. The molecule has 5 rings (SSSR count). The number of benzene rings is 1. The van der Waals surface area contributed by atoms with Crippen molar-refractivity contribution in [2.45, 2.75) is 12.5 Å². The number of hydrogen-bond donors (Lipinski definition) is 1. The van der Waals surface area contributed by atoms with Gasteiger partial charge in [-0.1, -0.05) is 30.3 Å². The molecule has 4 aromatic rings. The predicted molar refractivity (Wildman–Crippen MR) is 104 cm³/mol. The van der Waals surface area contributed by atoms with Gasteiger partial charge in [0.1, 0.15) is 17.7 Å². The van der Waals surface area contributed by atoms with E-state index in [1.807, 2.05) is 36.4 Å². The number of pyridine rings is 1. The van der Waals surface area contributed by atoms with Crippen LogP contribution < -0.4 is 9.88 Å². The summed E-state index contributed by atoms with van der Waals surface area (Å²) < 4.78 is 21.4.